The highest BCUT2D eigenvalue weighted by atomic mass is 19.1. The number of benzene rings is 1. The number of nitrogens with one attached hydrogen (secondary N) is 2. The summed E-state index contributed by atoms with van der Waals surface area (Å²) >= 11 is 0. The lowest BCUT2D eigenvalue weighted by Gasteiger charge is -2.46. The predicted octanol–water partition coefficient (Wildman–Crippen LogP) is 3.95. The summed E-state index contributed by atoms with van der Waals surface area (Å²) in [4.78, 5) is 17.8. The van der Waals surface area contributed by atoms with Crippen molar-refractivity contribution in [2.45, 2.75) is 82.2 Å². The highest BCUT2D eigenvalue weighted by Gasteiger charge is 2.59. The molecule has 0 bridgehead atoms. The minimum absolute atomic E-state index is 0.0453. The van der Waals surface area contributed by atoms with Gasteiger partial charge in [0.1, 0.15) is 11.9 Å². The van der Waals surface area contributed by atoms with Gasteiger partial charge in [0.05, 0.1) is 11.5 Å². The Morgan fingerprint density at radius 1 is 1.26 bits per heavy atom. The Hall–Kier alpha value is -3.32. The number of rotatable bonds is 8. The van der Waals surface area contributed by atoms with Gasteiger partial charge in [0, 0.05) is 37.3 Å². The van der Waals surface area contributed by atoms with Gasteiger partial charge in [0.15, 0.2) is 5.82 Å². The van der Waals surface area contributed by atoms with Crippen molar-refractivity contribution in [3.05, 3.63) is 53.2 Å². The van der Waals surface area contributed by atoms with E-state index >= 15 is 0 Å². The number of amides is 1. The van der Waals surface area contributed by atoms with E-state index < -0.39 is 5.41 Å². The van der Waals surface area contributed by atoms with Gasteiger partial charge in [0.25, 0.3) is 0 Å². The molecule has 228 valence electrons. The molecule has 9 nitrogen and oxygen atoms in total. The average Bonchev–Trinajstić information content (AvgIpc) is 3.58. The van der Waals surface area contributed by atoms with E-state index in [-0.39, 0.29) is 23.7 Å². The summed E-state index contributed by atoms with van der Waals surface area (Å²) in [5, 5.41) is 29.3. The van der Waals surface area contributed by atoms with Crippen LogP contribution in [0.15, 0.2) is 30.5 Å². The minimum Gasteiger partial charge on any atom is -0.355 e. The van der Waals surface area contributed by atoms with Gasteiger partial charge in [-0.2, -0.15) is 10.5 Å². The van der Waals surface area contributed by atoms with E-state index in [9.17, 15) is 14.4 Å². The van der Waals surface area contributed by atoms with Crippen LogP contribution in [0.2, 0.25) is 0 Å². The predicted molar refractivity (Wildman–Crippen MR) is 159 cm³/mol. The van der Waals surface area contributed by atoms with Crippen LogP contribution in [0.5, 0.6) is 0 Å². The monoisotopic (exact) mass is 586 g/mol. The Labute approximate surface area is 253 Å². The lowest BCUT2D eigenvalue weighted by Crippen LogP contribution is -2.47. The number of likely N-dealkylation sites (tertiary alicyclic amines) is 2. The molecule has 2 aromatic rings. The van der Waals surface area contributed by atoms with Crippen LogP contribution < -0.4 is 5.32 Å². The minimum atomic E-state index is -0.563. The first kappa shape index (κ1) is 28.5. The van der Waals surface area contributed by atoms with Gasteiger partial charge in [-0.15, -0.1) is 10.2 Å². The van der Waals surface area contributed by atoms with Crippen LogP contribution in [0, 0.1) is 46.7 Å². The van der Waals surface area contributed by atoms with Crippen molar-refractivity contribution in [2.24, 2.45) is 29.6 Å². The molecule has 10 heteroatoms. The summed E-state index contributed by atoms with van der Waals surface area (Å²) in [7, 11) is 0. The van der Waals surface area contributed by atoms with Crippen LogP contribution in [-0.2, 0) is 16.6 Å². The van der Waals surface area contributed by atoms with Crippen molar-refractivity contribution < 1.29 is 9.18 Å². The zero-order valence-corrected chi connectivity index (χ0v) is 25.1. The molecule has 0 spiro atoms. The van der Waals surface area contributed by atoms with Crippen molar-refractivity contribution in [3.63, 3.8) is 0 Å². The zero-order chi connectivity index (χ0) is 29.7. The van der Waals surface area contributed by atoms with Crippen molar-refractivity contribution in [3.8, 4) is 6.07 Å². The second-order valence-corrected chi connectivity index (χ2v) is 13.8. The number of hydrogen-bond donors (Lipinski definition) is 2. The van der Waals surface area contributed by atoms with E-state index in [4.69, 9.17) is 0 Å². The molecule has 2 saturated heterocycles. The molecule has 5 unspecified atom stereocenters. The zero-order valence-electron chi connectivity index (χ0n) is 25.1. The molecule has 3 heterocycles. The summed E-state index contributed by atoms with van der Waals surface area (Å²) in [5.74, 6) is 2.52. The molecule has 7 rings (SSSR count). The van der Waals surface area contributed by atoms with Crippen LogP contribution >= 0.6 is 0 Å². The Bertz CT molecular complexity index is 1400. The quantitative estimate of drug-likeness (QED) is 0.451. The third-order valence-corrected chi connectivity index (χ3v) is 11.7. The van der Waals surface area contributed by atoms with Gasteiger partial charge < -0.3 is 15.1 Å². The summed E-state index contributed by atoms with van der Waals surface area (Å²) in [5.41, 5.74) is 2.51. The van der Waals surface area contributed by atoms with Gasteiger partial charge >= 0.3 is 0 Å². The first-order valence-electron chi connectivity index (χ1n) is 16.3. The van der Waals surface area contributed by atoms with Crippen LogP contribution in [-0.4, -0.2) is 74.6 Å². The molecule has 8 atom stereocenters. The van der Waals surface area contributed by atoms with E-state index in [0.717, 1.165) is 81.3 Å². The van der Waals surface area contributed by atoms with E-state index in [2.05, 4.69) is 55.3 Å². The van der Waals surface area contributed by atoms with Crippen molar-refractivity contribution in [1.29, 1.82) is 5.26 Å². The number of fused-ring (bicyclic) bond motifs is 3. The summed E-state index contributed by atoms with van der Waals surface area (Å²) in [6.45, 7) is 9.68. The first-order chi connectivity index (χ1) is 20.9. The average molecular weight is 587 g/mol. The molecular weight excluding hydrogens is 543 g/mol. The van der Waals surface area contributed by atoms with Crippen LogP contribution in [0.3, 0.4) is 0 Å². The number of hydrogen-bond acceptors (Lipinski definition) is 7. The van der Waals surface area contributed by atoms with Crippen LogP contribution in [0.4, 0.5) is 4.39 Å². The SMILES string of the molecule is C=C(CNCCC1(c2nn[nH]n2)c2ccc(F)cc2CCC2CC(C(=O)N3CCCC3)CCC21)N1C(C#N)C[C@@H]2[C@H](C)[C@@H]21. The summed E-state index contributed by atoms with van der Waals surface area (Å²) in [6.07, 6.45) is 8.13. The molecule has 2 aliphatic heterocycles. The normalized spacial score (nSPS) is 34.6. The molecule has 1 amide bonds. The number of aromatic amines is 1. The second-order valence-electron chi connectivity index (χ2n) is 13.8. The van der Waals surface area contributed by atoms with Crippen molar-refractivity contribution in [2.75, 3.05) is 26.2 Å². The molecular formula is C33H43FN8O. The maximum atomic E-state index is 14.6. The van der Waals surface area contributed by atoms with Crippen molar-refractivity contribution >= 4 is 5.91 Å². The fraction of sp³-hybridized carbons (Fsp3) is 0.667. The number of aromatic nitrogens is 4. The number of nitrogens with zero attached hydrogens (tertiary/aromatic N) is 6. The van der Waals surface area contributed by atoms with Gasteiger partial charge in [-0.05, 0) is 111 Å². The largest absolute Gasteiger partial charge is 0.355 e. The lowest BCUT2D eigenvalue weighted by atomic mass is 9.57. The molecule has 1 aromatic carbocycles. The maximum absolute atomic E-state index is 14.6. The standard InChI is InChI=1S/C33H43FN8O/c1-20(42-26(18-35)17-27-21(2)30(27)42)19-36-12-11-33(32-37-39-40-38-32)28-9-7-24(31(43)41-13-3-4-14-41)15-22(28)5-6-23-16-25(34)8-10-29(23)33/h8,10,16,21-22,24,26-28,30,36H,1,3-7,9,11-15,17,19H2,2H3,(H,37,38,39,40)/t21-,22?,24?,26?,27+,28?,30-,33?/m0/s1. The number of tetrazole rings is 1. The number of nitriles is 1. The fourth-order valence-electron chi connectivity index (χ4n) is 9.54. The van der Waals surface area contributed by atoms with E-state index in [1.165, 1.54) is 0 Å². The highest BCUT2D eigenvalue weighted by molar-refractivity contribution is 5.79. The molecule has 0 radical (unpaired) electrons. The molecule has 3 aliphatic carbocycles. The number of piperidine rings is 1. The van der Waals surface area contributed by atoms with Gasteiger partial charge in [-0.1, -0.05) is 24.8 Å². The number of halogens is 1. The number of H-pyrrole nitrogens is 1. The lowest BCUT2D eigenvalue weighted by molar-refractivity contribution is -0.136. The summed E-state index contributed by atoms with van der Waals surface area (Å²) < 4.78 is 14.6. The van der Waals surface area contributed by atoms with Crippen molar-refractivity contribution in [1.82, 2.24) is 35.7 Å². The van der Waals surface area contributed by atoms with Gasteiger partial charge in [0.2, 0.25) is 5.91 Å². The molecule has 2 N–H and O–H groups in total. The third kappa shape index (κ3) is 4.84. The second kappa shape index (κ2) is 11.3. The molecule has 4 fully saturated rings. The smallest absolute Gasteiger partial charge is 0.225 e. The van der Waals surface area contributed by atoms with E-state index in [1.54, 1.807) is 12.1 Å². The van der Waals surface area contributed by atoms with E-state index in [1.807, 2.05) is 6.07 Å². The Morgan fingerprint density at radius 3 is 2.86 bits per heavy atom. The molecule has 2 saturated carbocycles. The molecule has 1 aromatic heterocycles. The van der Waals surface area contributed by atoms with Crippen LogP contribution in [0.1, 0.15) is 75.2 Å². The van der Waals surface area contributed by atoms with Crippen LogP contribution in [0.25, 0.3) is 0 Å². The first-order valence-corrected chi connectivity index (χ1v) is 16.3. The molecule has 5 aliphatic rings. The van der Waals surface area contributed by atoms with Gasteiger partial charge in [-0.25, -0.2) is 4.39 Å². The topological polar surface area (TPSA) is 114 Å². The highest BCUT2D eigenvalue weighted by Crippen LogP contribution is 2.55. The molecule has 43 heavy (non-hydrogen) atoms. The number of carbonyl (C=O) groups excluding carboxylic acids is 1. The third-order valence-electron chi connectivity index (χ3n) is 11.7. The maximum Gasteiger partial charge on any atom is 0.225 e. The Morgan fingerprint density at radius 2 is 2.09 bits per heavy atom. The Kier molecular flexibility index (Phi) is 7.48. The number of aryl methyl sites for hydroxylation is 1. The number of carbonyl (C=O) groups is 1. The van der Waals surface area contributed by atoms with E-state index in [0.29, 0.717) is 55.0 Å². The Balaban J connectivity index is 1.15. The summed E-state index contributed by atoms with van der Waals surface area (Å²) in [6, 6.07) is 8.02. The fourth-order valence-corrected chi connectivity index (χ4v) is 9.54. The van der Waals surface area contributed by atoms with Gasteiger partial charge in [-0.3, -0.25) is 4.79 Å².